The van der Waals surface area contributed by atoms with Crippen molar-refractivity contribution in [2.24, 2.45) is 7.05 Å². The fraction of sp³-hybridized carbons (Fsp3) is 0.769. The van der Waals surface area contributed by atoms with E-state index in [1.165, 1.54) is 10.8 Å². The van der Waals surface area contributed by atoms with Crippen LogP contribution in [0.25, 0.3) is 0 Å². The first kappa shape index (κ1) is 17.1. The van der Waals surface area contributed by atoms with Crippen LogP contribution in [0.1, 0.15) is 44.9 Å². The minimum atomic E-state index is -2.85. The van der Waals surface area contributed by atoms with Crippen LogP contribution in [0.3, 0.4) is 0 Å². The third kappa shape index (κ3) is 3.24. The molecule has 2 heterocycles. The maximum absolute atomic E-state index is 13.1. The summed E-state index contributed by atoms with van der Waals surface area (Å²) in [5.41, 5.74) is 0.609. The van der Waals surface area contributed by atoms with Crippen LogP contribution in [0.15, 0.2) is 6.20 Å². The molecule has 0 radical (unpaired) electrons. The molecule has 1 saturated heterocycles. The predicted octanol–water partition coefficient (Wildman–Crippen LogP) is 3.10. The van der Waals surface area contributed by atoms with Gasteiger partial charge in [0.15, 0.2) is 0 Å². The Bertz CT molecular complexity index is 583. The molecule has 124 valence electrons. The number of aromatic nitrogens is 2. The number of hydrogen-bond acceptors (Lipinski definition) is 5. The third-order valence-corrected chi connectivity index (χ3v) is 6.52. The molecule has 0 bridgehead atoms. The van der Waals surface area contributed by atoms with Crippen LogP contribution < -0.4 is 0 Å². The van der Waals surface area contributed by atoms with Gasteiger partial charge in [-0.25, -0.2) is 9.24 Å². The highest BCUT2D eigenvalue weighted by Crippen LogP contribution is 2.61. The molecular formula is C13H23N4O4P. The SMILES string of the molecule is CCCN(CCC)P1(=O)CCC(c2cnc([N+](=O)[O-])n2C)O1. The average molecular weight is 330 g/mol. The summed E-state index contributed by atoms with van der Waals surface area (Å²) in [5.74, 6) is -0.223. The fourth-order valence-corrected chi connectivity index (χ4v) is 5.51. The first-order chi connectivity index (χ1) is 10.4. The van der Waals surface area contributed by atoms with Crippen molar-refractivity contribution in [1.82, 2.24) is 14.2 Å². The Balaban J connectivity index is 2.18. The molecule has 9 heteroatoms. The van der Waals surface area contributed by atoms with Crippen LogP contribution in [0.2, 0.25) is 0 Å². The van der Waals surface area contributed by atoms with E-state index in [0.717, 1.165) is 25.9 Å². The zero-order chi connectivity index (χ0) is 16.3. The van der Waals surface area contributed by atoms with Crippen molar-refractivity contribution in [3.8, 4) is 0 Å². The Morgan fingerprint density at radius 3 is 2.64 bits per heavy atom. The molecule has 0 spiro atoms. The van der Waals surface area contributed by atoms with Crippen molar-refractivity contribution in [2.45, 2.75) is 39.2 Å². The van der Waals surface area contributed by atoms with E-state index in [9.17, 15) is 14.7 Å². The smallest absolute Gasteiger partial charge is 0.390 e. The summed E-state index contributed by atoms with van der Waals surface area (Å²) in [6.07, 6.45) is 3.95. The summed E-state index contributed by atoms with van der Waals surface area (Å²) < 4.78 is 22.3. The van der Waals surface area contributed by atoms with Crippen LogP contribution in [0.5, 0.6) is 0 Å². The van der Waals surface area contributed by atoms with Crippen molar-refractivity contribution < 1.29 is 14.0 Å². The summed E-state index contributed by atoms with van der Waals surface area (Å²) in [5, 5.41) is 10.9. The van der Waals surface area contributed by atoms with E-state index in [1.807, 2.05) is 18.5 Å². The Morgan fingerprint density at radius 1 is 1.50 bits per heavy atom. The molecule has 1 aromatic rings. The standard InChI is InChI=1S/C13H23N4O4P/c1-4-7-16(8-5-2)22(20)9-6-12(21-22)11-10-14-13(15(11)3)17(18)19/h10,12H,4-9H2,1-3H3. The average Bonchev–Trinajstić information content (AvgIpc) is 3.03. The highest BCUT2D eigenvalue weighted by Gasteiger charge is 2.43. The van der Waals surface area contributed by atoms with Gasteiger partial charge < -0.3 is 14.6 Å². The monoisotopic (exact) mass is 330 g/mol. The molecule has 2 rings (SSSR count). The van der Waals surface area contributed by atoms with Crippen molar-refractivity contribution >= 4 is 13.5 Å². The Hall–Kier alpha value is -1.24. The lowest BCUT2D eigenvalue weighted by molar-refractivity contribution is -0.396. The molecule has 0 aliphatic carbocycles. The van der Waals surface area contributed by atoms with Crippen LogP contribution in [0.4, 0.5) is 5.95 Å². The summed E-state index contributed by atoms with van der Waals surface area (Å²) in [7, 11) is -1.26. The van der Waals surface area contributed by atoms with Gasteiger partial charge >= 0.3 is 5.95 Å². The zero-order valence-corrected chi connectivity index (χ0v) is 14.2. The highest BCUT2D eigenvalue weighted by atomic mass is 31.2. The second kappa shape index (κ2) is 6.89. The van der Waals surface area contributed by atoms with Crippen molar-refractivity contribution in [3.63, 3.8) is 0 Å². The largest absolute Gasteiger partial charge is 0.434 e. The van der Waals surface area contributed by atoms with Gasteiger partial charge in [0.05, 0.1) is 7.05 Å². The van der Waals surface area contributed by atoms with Crippen molar-refractivity contribution in [3.05, 3.63) is 22.0 Å². The van der Waals surface area contributed by atoms with Crippen molar-refractivity contribution in [1.29, 1.82) is 0 Å². The number of rotatable bonds is 7. The highest BCUT2D eigenvalue weighted by molar-refractivity contribution is 7.56. The number of imidazole rings is 1. The molecule has 22 heavy (non-hydrogen) atoms. The predicted molar refractivity (Wildman–Crippen MR) is 82.9 cm³/mol. The minimum Gasteiger partial charge on any atom is -0.390 e. The van der Waals surface area contributed by atoms with E-state index < -0.39 is 18.5 Å². The zero-order valence-electron chi connectivity index (χ0n) is 13.3. The fourth-order valence-electron chi connectivity index (χ4n) is 2.81. The number of nitro groups is 1. The molecule has 1 aliphatic rings. The first-order valence-electron chi connectivity index (χ1n) is 7.61. The second-order valence-electron chi connectivity index (χ2n) is 5.50. The summed E-state index contributed by atoms with van der Waals surface area (Å²) >= 11 is 0. The van der Waals surface area contributed by atoms with E-state index in [4.69, 9.17) is 4.52 Å². The third-order valence-electron chi connectivity index (χ3n) is 3.85. The Morgan fingerprint density at radius 2 is 2.14 bits per heavy atom. The Kier molecular flexibility index (Phi) is 5.36. The molecule has 1 fully saturated rings. The van der Waals surface area contributed by atoms with Gasteiger partial charge in [-0.15, -0.1) is 0 Å². The van der Waals surface area contributed by atoms with Gasteiger partial charge in [0.2, 0.25) is 0 Å². The second-order valence-corrected chi connectivity index (χ2v) is 8.00. The van der Waals surface area contributed by atoms with Gasteiger partial charge in [0.25, 0.3) is 7.52 Å². The maximum atomic E-state index is 13.1. The van der Waals surface area contributed by atoms with Gasteiger partial charge in [0, 0.05) is 19.3 Å². The van der Waals surface area contributed by atoms with Crippen LogP contribution in [0, 0.1) is 10.1 Å². The molecule has 0 saturated carbocycles. The van der Waals surface area contributed by atoms with Crippen molar-refractivity contribution in [2.75, 3.05) is 19.3 Å². The molecular weight excluding hydrogens is 307 g/mol. The molecule has 1 aliphatic heterocycles. The van der Waals surface area contributed by atoms with Gasteiger partial charge in [-0.05, 0) is 24.2 Å². The topological polar surface area (TPSA) is 90.5 Å². The molecule has 2 atom stereocenters. The van der Waals surface area contributed by atoms with E-state index in [0.29, 0.717) is 18.3 Å². The quantitative estimate of drug-likeness (QED) is 0.433. The van der Waals surface area contributed by atoms with Gasteiger partial charge in [-0.3, -0.25) is 4.57 Å². The Labute approximate surface area is 130 Å². The molecule has 8 nitrogen and oxygen atoms in total. The lowest BCUT2D eigenvalue weighted by Crippen LogP contribution is -2.23. The van der Waals surface area contributed by atoms with Gasteiger partial charge in [0.1, 0.15) is 18.0 Å². The van der Waals surface area contributed by atoms with E-state index in [1.54, 1.807) is 7.05 Å². The lowest BCUT2D eigenvalue weighted by Gasteiger charge is -2.27. The lowest BCUT2D eigenvalue weighted by atomic mass is 10.2. The molecule has 1 aromatic heterocycles. The maximum Gasteiger partial charge on any atom is 0.434 e. The summed E-state index contributed by atoms with van der Waals surface area (Å²) in [6, 6.07) is 0. The van der Waals surface area contributed by atoms with Crippen LogP contribution in [-0.4, -0.2) is 38.4 Å². The number of hydrogen-bond donors (Lipinski definition) is 0. The summed E-state index contributed by atoms with van der Waals surface area (Å²) in [6.45, 7) is 5.58. The van der Waals surface area contributed by atoms with E-state index in [2.05, 4.69) is 4.98 Å². The molecule has 0 amide bonds. The van der Waals surface area contributed by atoms with Crippen LogP contribution >= 0.6 is 7.52 Å². The van der Waals surface area contributed by atoms with E-state index >= 15 is 0 Å². The first-order valence-corrected chi connectivity index (χ1v) is 9.38. The molecule has 2 unspecified atom stereocenters. The number of nitrogens with zero attached hydrogens (tertiary/aromatic N) is 4. The van der Waals surface area contributed by atoms with Gasteiger partial charge in [-0.2, -0.15) is 0 Å². The van der Waals surface area contributed by atoms with Crippen LogP contribution in [-0.2, 0) is 16.1 Å². The molecule has 0 aromatic carbocycles. The summed E-state index contributed by atoms with van der Waals surface area (Å²) in [4.78, 5) is 14.2. The normalized spacial score (nSPS) is 25.0. The van der Waals surface area contributed by atoms with Gasteiger partial charge in [-0.1, -0.05) is 18.8 Å². The minimum absolute atomic E-state index is 0.223. The molecule has 0 N–H and O–H groups in total. The van der Waals surface area contributed by atoms with E-state index in [-0.39, 0.29) is 5.95 Å².